The van der Waals surface area contributed by atoms with E-state index >= 15 is 0 Å². The number of ketones is 1. The van der Waals surface area contributed by atoms with Crippen molar-refractivity contribution < 1.29 is 9.53 Å². The summed E-state index contributed by atoms with van der Waals surface area (Å²) in [5.74, 6) is 0.356. The minimum atomic E-state index is 0.0611. The summed E-state index contributed by atoms with van der Waals surface area (Å²) in [4.78, 5) is 33.6. The van der Waals surface area contributed by atoms with Crippen molar-refractivity contribution >= 4 is 39.1 Å². The van der Waals surface area contributed by atoms with Crippen LogP contribution < -0.4 is 5.56 Å². The third-order valence-corrected chi connectivity index (χ3v) is 9.02. The van der Waals surface area contributed by atoms with E-state index in [1.165, 1.54) is 22.2 Å². The summed E-state index contributed by atoms with van der Waals surface area (Å²) in [5.41, 5.74) is 4.12. The van der Waals surface area contributed by atoms with Crippen molar-refractivity contribution in [1.29, 1.82) is 0 Å². The highest BCUT2D eigenvalue weighted by atomic mass is 32.2. The maximum Gasteiger partial charge on any atom is 0.263 e. The second-order valence-electron chi connectivity index (χ2n) is 9.13. The number of rotatable bonds is 8. The lowest BCUT2D eigenvalue weighted by molar-refractivity contribution is 0.0957. The highest BCUT2D eigenvalue weighted by Crippen LogP contribution is 2.35. The molecule has 1 fully saturated rings. The SMILES string of the molecule is CCCn1c(SCC(=O)c2cc(C)n(CC3CCCO3)c2C)nc2sc3c(c2c1=O)CCC3. The predicted octanol–water partition coefficient (Wildman–Crippen LogP) is 4.93. The van der Waals surface area contributed by atoms with Crippen molar-refractivity contribution in [2.45, 2.75) is 83.6 Å². The Bertz CT molecular complexity index is 1260. The number of nitrogens with zero attached hydrogens (tertiary/aromatic N) is 3. The van der Waals surface area contributed by atoms with Crippen LogP contribution in [0.3, 0.4) is 0 Å². The number of thioether (sulfide) groups is 1. The molecule has 6 nitrogen and oxygen atoms in total. The molecule has 1 aliphatic carbocycles. The molecule has 2 aliphatic rings. The molecule has 176 valence electrons. The van der Waals surface area contributed by atoms with Crippen molar-refractivity contribution in [3.63, 3.8) is 0 Å². The molecule has 1 atom stereocenters. The van der Waals surface area contributed by atoms with Crippen LogP contribution in [0.5, 0.6) is 0 Å². The van der Waals surface area contributed by atoms with Crippen LogP contribution in [0.2, 0.25) is 0 Å². The van der Waals surface area contributed by atoms with Crippen molar-refractivity contribution in [2.24, 2.45) is 0 Å². The zero-order valence-corrected chi connectivity index (χ0v) is 21.2. The molecule has 0 spiro atoms. The van der Waals surface area contributed by atoms with Gasteiger partial charge in [-0.05, 0) is 64.0 Å². The molecule has 1 unspecified atom stereocenters. The zero-order valence-electron chi connectivity index (χ0n) is 19.6. The number of carbonyl (C=O) groups is 1. The third kappa shape index (κ3) is 4.21. The fourth-order valence-corrected chi connectivity index (χ4v) is 7.36. The van der Waals surface area contributed by atoms with Crippen LogP contribution in [0, 0.1) is 13.8 Å². The average molecular weight is 486 g/mol. The number of Topliss-reactive ketones (excluding diaryl/α,β-unsaturated/α-hetero) is 1. The van der Waals surface area contributed by atoms with Crippen LogP contribution in [0.1, 0.15) is 64.8 Å². The van der Waals surface area contributed by atoms with Crippen LogP contribution in [0.4, 0.5) is 0 Å². The van der Waals surface area contributed by atoms with E-state index in [1.807, 2.05) is 13.0 Å². The molecule has 0 bridgehead atoms. The van der Waals surface area contributed by atoms with Crippen LogP contribution in [-0.4, -0.2) is 38.4 Å². The highest BCUT2D eigenvalue weighted by molar-refractivity contribution is 7.99. The van der Waals surface area contributed by atoms with E-state index in [0.717, 1.165) is 78.8 Å². The number of aryl methyl sites for hydroxylation is 3. The molecule has 0 aromatic carbocycles. The molecule has 4 heterocycles. The normalized spacial score (nSPS) is 17.8. The number of hydrogen-bond donors (Lipinski definition) is 0. The Kier molecular flexibility index (Phi) is 6.51. The smallest absolute Gasteiger partial charge is 0.263 e. The average Bonchev–Trinajstić information content (AvgIpc) is 3.56. The van der Waals surface area contributed by atoms with Crippen LogP contribution >= 0.6 is 23.1 Å². The second kappa shape index (κ2) is 9.39. The van der Waals surface area contributed by atoms with E-state index in [2.05, 4.69) is 18.4 Å². The molecule has 3 aromatic rings. The predicted molar refractivity (Wildman–Crippen MR) is 134 cm³/mol. The minimum absolute atomic E-state index is 0.0611. The Labute approximate surface area is 202 Å². The topological polar surface area (TPSA) is 66.1 Å². The Hall–Kier alpha value is -1.90. The van der Waals surface area contributed by atoms with E-state index in [4.69, 9.17) is 9.72 Å². The number of ether oxygens (including phenoxy) is 1. The summed E-state index contributed by atoms with van der Waals surface area (Å²) in [6.07, 6.45) is 6.42. The first kappa shape index (κ1) is 22.9. The summed E-state index contributed by atoms with van der Waals surface area (Å²) in [5, 5.41) is 1.48. The number of carbonyl (C=O) groups excluding carboxylic acids is 1. The van der Waals surface area contributed by atoms with E-state index in [1.54, 1.807) is 15.9 Å². The molecule has 1 saturated heterocycles. The first-order chi connectivity index (χ1) is 16.0. The highest BCUT2D eigenvalue weighted by Gasteiger charge is 2.25. The Morgan fingerprint density at radius 1 is 1.27 bits per heavy atom. The molecule has 0 N–H and O–H groups in total. The number of thiophene rings is 1. The quantitative estimate of drug-likeness (QED) is 0.257. The summed E-state index contributed by atoms with van der Waals surface area (Å²) in [7, 11) is 0. The molecule has 0 saturated carbocycles. The lowest BCUT2D eigenvalue weighted by atomic mass is 10.2. The lowest BCUT2D eigenvalue weighted by Gasteiger charge is -2.15. The van der Waals surface area contributed by atoms with Gasteiger partial charge in [-0.15, -0.1) is 11.3 Å². The molecule has 8 heteroatoms. The van der Waals surface area contributed by atoms with E-state index < -0.39 is 0 Å². The summed E-state index contributed by atoms with van der Waals surface area (Å²) in [6, 6.07) is 1.99. The maximum atomic E-state index is 13.4. The number of fused-ring (bicyclic) bond motifs is 3. The monoisotopic (exact) mass is 485 g/mol. The maximum absolute atomic E-state index is 13.4. The van der Waals surface area contributed by atoms with Crippen LogP contribution in [0.25, 0.3) is 10.2 Å². The van der Waals surface area contributed by atoms with Gasteiger partial charge in [0, 0.05) is 41.5 Å². The van der Waals surface area contributed by atoms with Crippen LogP contribution in [-0.2, 0) is 30.7 Å². The minimum Gasteiger partial charge on any atom is -0.376 e. The molecule has 0 amide bonds. The molecule has 33 heavy (non-hydrogen) atoms. The van der Waals surface area contributed by atoms with Crippen molar-refractivity contribution in [3.05, 3.63) is 43.8 Å². The van der Waals surface area contributed by atoms with Crippen molar-refractivity contribution in [3.8, 4) is 0 Å². The summed E-state index contributed by atoms with van der Waals surface area (Å²) in [6.45, 7) is 8.39. The first-order valence-electron chi connectivity index (χ1n) is 12.0. The standard InChI is InChI=1S/C25H31N3O3S2/c1-4-10-27-24(30)22-18-8-5-9-21(18)33-23(22)26-25(27)32-14-20(29)19-12-15(2)28(16(19)3)13-17-7-6-11-31-17/h12,17H,4-11,13-14H2,1-3H3. The third-order valence-electron chi connectivity index (χ3n) is 6.85. The second-order valence-corrected chi connectivity index (χ2v) is 11.2. The van der Waals surface area contributed by atoms with Gasteiger partial charge in [0.2, 0.25) is 0 Å². The van der Waals surface area contributed by atoms with Gasteiger partial charge >= 0.3 is 0 Å². The van der Waals surface area contributed by atoms with Gasteiger partial charge in [-0.2, -0.15) is 0 Å². The lowest BCUT2D eigenvalue weighted by Crippen LogP contribution is -2.23. The molecule has 5 rings (SSSR count). The fourth-order valence-electron chi connectivity index (χ4n) is 5.15. The summed E-state index contributed by atoms with van der Waals surface area (Å²) >= 11 is 3.05. The Balaban J connectivity index is 1.39. The molecular formula is C25H31N3O3S2. The molecular weight excluding hydrogens is 454 g/mol. The van der Waals surface area contributed by atoms with Gasteiger partial charge in [-0.25, -0.2) is 4.98 Å². The van der Waals surface area contributed by atoms with E-state index in [-0.39, 0.29) is 23.2 Å². The van der Waals surface area contributed by atoms with Gasteiger partial charge in [-0.3, -0.25) is 14.2 Å². The largest absolute Gasteiger partial charge is 0.376 e. The van der Waals surface area contributed by atoms with E-state index in [9.17, 15) is 9.59 Å². The van der Waals surface area contributed by atoms with Gasteiger partial charge in [-0.1, -0.05) is 18.7 Å². The van der Waals surface area contributed by atoms with Gasteiger partial charge in [0.25, 0.3) is 5.56 Å². The number of aromatic nitrogens is 3. The van der Waals surface area contributed by atoms with E-state index in [0.29, 0.717) is 11.7 Å². The van der Waals surface area contributed by atoms with Crippen molar-refractivity contribution in [2.75, 3.05) is 12.4 Å². The van der Waals surface area contributed by atoms with Crippen molar-refractivity contribution in [1.82, 2.24) is 14.1 Å². The molecule has 3 aromatic heterocycles. The van der Waals surface area contributed by atoms with Crippen LogP contribution in [0.15, 0.2) is 16.0 Å². The van der Waals surface area contributed by atoms with Gasteiger partial charge in [0.1, 0.15) is 4.83 Å². The zero-order chi connectivity index (χ0) is 23.1. The fraction of sp³-hybridized carbons (Fsp3) is 0.560. The van der Waals surface area contributed by atoms with Gasteiger partial charge < -0.3 is 9.30 Å². The van der Waals surface area contributed by atoms with Gasteiger partial charge in [0.05, 0.1) is 17.2 Å². The van der Waals surface area contributed by atoms with Gasteiger partial charge in [0.15, 0.2) is 10.9 Å². The Morgan fingerprint density at radius 3 is 2.88 bits per heavy atom. The molecule has 0 radical (unpaired) electrons. The first-order valence-corrected chi connectivity index (χ1v) is 13.8. The molecule has 1 aliphatic heterocycles. The Morgan fingerprint density at radius 2 is 2.12 bits per heavy atom. The summed E-state index contributed by atoms with van der Waals surface area (Å²) < 4.78 is 9.79. The number of hydrogen-bond acceptors (Lipinski definition) is 6.